The molecule has 7 nitrogen and oxygen atoms in total. The Kier molecular flexibility index (Phi) is 11.2. The summed E-state index contributed by atoms with van der Waals surface area (Å²) in [5.41, 5.74) is 2.28. The third kappa shape index (κ3) is 9.23. The Balaban J connectivity index is 1.87. The molecule has 0 radical (unpaired) electrons. The number of rotatable bonds is 16. The first-order valence-electron chi connectivity index (χ1n) is 12.8. The molecule has 0 aliphatic carbocycles. The van der Waals surface area contributed by atoms with Gasteiger partial charge in [0, 0.05) is 13.1 Å². The molecule has 0 spiro atoms. The highest BCUT2D eigenvalue weighted by molar-refractivity contribution is 7.91. The summed E-state index contributed by atoms with van der Waals surface area (Å²) in [7, 11) is -4.26. The third-order valence-corrected chi connectivity index (χ3v) is 10.4. The zero-order valence-electron chi connectivity index (χ0n) is 22.5. The van der Waals surface area contributed by atoms with Crippen LogP contribution in [-0.2, 0) is 38.7 Å². The standard InChI is InChI=1S/C30H37NO6S2/c1-4-5-11-30(20-21-38(32,33)24-27-9-7-6-8-10-27)39(34,35)31(22-25-12-16-28(36-2)17-13-25)23-26-14-18-29(37-3)19-15-26/h4,6-10,12-19,30H,1,5,11,20-24H2,2-3H3/t30-/m1/s1. The lowest BCUT2D eigenvalue weighted by atomic mass is 10.2. The van der Waals surface area contributed by atoms with Crippen molar-refractivity contribution in [3.8, 4) is 11.5 Å². The Bertz CT molecular complexity index is 1340. The van der Waals surface area contributed by atoms with E-state index in [9.17, 15) is 16.8 Å². The summed E-state index contributed by atoms with van der Waals surface area (Å²) < 4.78 is 66.0. The van der Waals surface area contributed by atoms with Gasteiger partial charge in [-0.2, -0.15) is 4.31 Å². The molecule has 0 heterocycles. The van der Waals surface area contributed by atoms with Gasteiger partial charge >= 0.3 is 0 Å². The molecule has 0 N–H and O–H groups in total. The van der Waals surface area contributed by atoms with E-state index in [0.29, 0.717) is 23.5 Å². The molecule has 0 aliphatic rings. The highest BCUT2D eigenvalue weighted by Gasteiger charge is 2.33. The van der Waals surface area contributed by atoms with Crippen molar-refractivity contribution in [2.24, 2.45) is 0 Å². The van der Waals surface area contributed by atoms with Gasteiger partial charge in [-0.1, -0.05) is 60.7 Å². The van der Waals surface area contributed by atoms with Crippen molar-refractivity contribution in [2.45, 2.75) is 43.4 Å². The molecule has 0 bridgehead atoms. The Hall–Kier alpha value is -3.14. The van der Waals surface area contributed by atoms with Gasteiger partial charge in [-0.3, -0.25) is 0 Å². The summed E-state index contributed by atoms with van der Waals surface area (Å²) in [5, 5.41) is -0.877. The minimum absolute atomic E-state index is 0.00701. The van der Waals surface area contributed by atoms with Crippen LogP contribution in [0.5, 0.6) is 11.5 Å². The fourth-order valence-corrected chi connectivity index (χ4v) is 7.84. The quantitative estimate of drug-likeness (QED) is 0.215. The predicted molar refractivity (Wildman–Crippen MR) is 156 cm³/mol. The maximum Gasteiger partial charge on any atom is 0.217 e. The van der Waals surface area contributed by atoms with Crippen molar-refractivity contribution < 1.29 is 26.3 Å². The summed E-state index contributed by atoms with van der Waals surface area (Å²) in [6.07, 6.45) is 2.42. The fourth-order valence-electron chi connectivity index (χ4n) is 4.27. The normalized spacial score (nSPS) is 12.7. The molecule has 9 heteroatoms. The highest BCUT2D eigenvalue weighted by atomic mass is 32.2. The van der Waals surface area contributed by atoms with E-state index < -0.39 is 25.1 Å². The van der Waals surface area contributed by atoms with Gasteiger partial charge in [-0.15, -0.1) is 6.58 Å². The molecule has 0 fully saturated rings. The number of ether oxygens (including phenoxy) is 2. The van der Waals surface area contributed by atoms with Crippen LogP contribution in [0.4, 0.5) is 0 Å². The molecule has 3 rings (SSSR count). The minimum Gasteiger partial charge on any atom is -0.497 e. The van der Waals surface area contributed by atoms with E-state index in [1.807, 2.05) is 30.3 Å². The van der Waals surface area contributed by atoms with Gasteiger partial charge in [0.1, 0.15) is 11.5 Å². The average Bonchev–Trinajstić information content (AvgIpc) is 2.93. The number of hydrogen-bond donors (Lipinski definition) is 0. The number of hydrogen-bond acceptors (Lipinski definition) is 6. The van der Waals surface area contributed by atoms with Gasteiger partial charge in [0.2, 0.25) is 10.0 Å². The maximum atomic E-state index is 14.1. The second-order valence-corrected chi connectivity index (χ2v) is 13.8. The van der Waals surface area contributed by atoms with Crippen LogP contribution in [0.2, 0.25) is 0 Å². The summed E-state index contributed by atoms with van der Waals surface area (Å²) in [6.45, 7) is 4.02. The van der Waals surface area contributed by atoms with Crippen LogP contribution < -0.4 is 9.47 Å². The zero-order valence-corrected chi connectivity index (χ0v) is 24.2. The van der Waals surface area contributed by atoms with Crippen molar-refractivity contribution >= 4 is 19.9 Å². The zero-order chi connectivity index (χ0) is 28.3. The van der Waals surface area contributed by atoms with Crippen LogP contribution in [0.15, 0.2) is 91.5 Å². The summed E-state index contributed by atoms with van der Waals surface area (Å²) in [6, 6.07) is 23.4. The third-order valence-electron chi connectivity index (χ3n) is 6.49. The van der Waals surface area contributed by atoms with Crippen molar-refractivity contribution in [1.82, 2.24) is 4.31 Å². The predicted octanol–water partition coefficient (Wildman–Crippen LogP) is 5.38. The molecule has 0 saturated heterocycles. The number of sulfone groups is 1. The molecular formula is C30H37NO6S2. The van der Waals surface area contributed by atoms with Gasteiger partial charge in [-0.05, 0) is 60.2 Å². The number of allylic oxidation sites excluding steroid dienone is 1. The lowest BCUT2D eigenvalue weighted by Crippen LogP contribution is -2.39. The van der Waals surface area contributed by atoms with Crippen LogP contribution in [0.1, 0.15) is 36.0 Å². The second kappa shape index (κ2) is 14.3. The second-order valence-electron chi connectivity index (χ2n) is 9.36. The Morgan fingerprint density at radius 3 is 1.72 bits per heavy atom. The van der Waals surface area contributed by atoms with E-state index in [4.69, 9.17) is 9.47 Å². The molecule has 3 aromatic rings. The maximum absolute atomic E-state index is 14.1. The molecule has 0 saturated carbocycles. The number of benzene rings is 3. The van der Waals surface area contributed by atoms with Crippen molar-refractivity contribution in [2.75, 3.05) is 20.0 Å². The summed E-state index contributed by atoms with van der Waals surface area (Å²) in [5.74, 6) is 1.01. The van der Waals surface area contributed by atoms with E-state index >= 15 is 0 Å². The molecule has 1 atom stereocenters. The molecule has 3 aromatic carbocycles. The number of sulfonamides is 1. The van der Waals surface area contributed by atoms with Gasteiger partial charge in [0.15, 0.2) is 9.84 Å². The lowest BCUT2D eigenvalue weighted by Gasteiger charge is -2.28. The van der Waals surface area contributed by atoms with Gasteiger partial charge in [0.25, 0.3) is 0 Å². The average molecular weight is 572 g/mol. The Morgan fingerprint density at radius 1 is 0.744 bits per heavy atom. The number of methoxy groups -OCH3 is 2. The molecule has 0 aromatic heterocycles. The fraction of sp³-hybridized carbons (Fsp3) is 0.333. The van der Waals surface area contributed by atoms with Crippen LogP contribution in [0.25, 0.3) is 0 Å². The van der Waals surface area contributed by atoms with Crippen LogP contribution >= 0.6 is 0 Å². The lowest BCUT2D eigenvalue weighted by molar-refractivity contribution is 0.388. The van der Waals surface area contributed by atoms with Crippen LogP contribution in [0, 0.1) is 0 Å². The Morgan fingerprint density at radius 2 is 1.26 bits per heavy atom. The summed E-state index contributed by atoms with van der Waals surface area (Å²) in [4.78, 5) is 0. The summed E-state index contributed by atoms with van der Waals surface area (Å²) >= 11 is 0. The topological polar surface area (TPSA) is 90.0 Å². The van der Waals surface area contributed by atoms with Gasteiger partial charge in [-0.25, -0.2) is 16.8 Å². The smallest absolute Gasteiger partial charge is 0.217 e. The molecule has 0 aliphatic heterocycles. The first-order valence-corrected chi connectivity index (χ1v) is 16.1. The van der Waals surface area contributed by atoms with Crippen molar-refractivity contribution in [1.29, 1.82) is 0 Å². The SMILES string of the molecule is C=CCC[C@H](CCS(=O)(=O)Cc1ccccc1)S(=O)(=O)N(Cc1ccc(OC)cc1)Cc1ccc(OC)cc1. The van der Waals surface area contributed by atoms with E-state index in [1.165, 1.54) is 4.31 Å². The van der Waals surface area contributed by atoms with E-state index in [0.717, 1.165) is 11.1 Å². The molecule has 0 unspecified atom stereocenters. The van der Waals surface area contributed by atoms with Crippen LogP contribution in [0.3, 0.4) is 0 Å². The largest absolute Gasteiger partial charge is 0.497 e. The Labute approximate surface area is 233 Å². The molecular weight excluding hydrogens is 534 g/mol. The van der Waals surface area contributed by atoms with E-state index in [1.54, 1.807) is 68.8 Å². The number of nitrogens with zero attached hydrogens (tertiary/aromatic N) is 1. The van der Waals surface area contributed by atoms with Gasteiger partial charge in [0.05, 0.1) is 31.0 Å². The molecule has 39 heavy (non-hydrogen) atoms. The van der Waals surface area contributed by atoms with E-state index in [2.05, 4.69) is 6.58 Å². The first-order chi connectivity index (χ1) is 18.7. The van der Waals surface area contributed by atoms with E-state index in [-0.39, 0.29) is 37.4 Å². The first kappa shape index (κ1) is 30.4. The monoisotopic (exact) mass is 571 g/mol. The van der Waals surface area contributed by atoms with Crippen molar-refractivity contribution in [3.05, 3.63) is 108 Å². The minimum atomic E-state index is -3.90. The van der Waals surface area contributed by atoms with Crippen molar-refractivity contribution in [3.63, 3.8) is 0 Å². The highest BCUT2D eigenvalue weighted by Crippen LogP contribution is 2.25. The van der Waals surface area contributed by atoms with Crippen LogP contribution in [-0.4, -0.2) is 46.4 Å². The molecule has 0 amide bonds. The van der Waals surface area contributed by atoms with Gasteiger partial charge < -0.3 is 9.47 Å². The molecule has 210 valence electrons.